The minimum absolute atomic E-state index is 0.129. The number of ether oxygens (including phenoxy) is 1. The summed E-state index contributed by atoms with van der Waals surface area (Å²) in [6, 6.07) is 14.7. The Kier molecular flexibility index (Phi) is 4.70. The summed E-state index contributed by atoms with van der Waals surface area (Å²) < 4.78 is 7.00. The number of rotatable bonds is 5. The van der Waals surface area contributed by atoms with Crippen molar-refractivity contribution in [3.8, 4) is 5.75 Å². The maximum atomic E-state index is 12.3. The minimum Gasteiger partial charge on any atom is -0.497 e. The number of anilines is 2. The van der Waals surface area contributed by atoms with Crippen molar-refractivity contribution in [1.82, 2.24) is 4.57 Å². The number of methoxy groups -OCH3 is 1. The number of fused-ring (bicyclic) bond motifs is 1. The average Bonchev–Trinajstić information content (AvgIpc) is 2.98. The predicted molar refractivity (Wildman–Crippen MR) is 97.9 cm³/mol. The first-order chi connectivity index (χ1) is 12.1. The first-order valence-corrected chi connectivity index (χ1v) is 7.86. The Morgan fingerprint density at radius 1 is 1.08 bits per heavy atom. The van der Waals surface area contributed by atoms with Gasteiger partial charge in [0.1, 0.15) is 12.3 Å². The fourth-order valence-corrected chi connectivity index (χ4v) is 2.72. The summed E-state index contributed by atoms with van der Waals surface area (Å²) in [7, 11) is 1.58. The summed E-state index contributed by atoms with van der Waals surface area (Å²) in [6.45, 7) is 1.64. The summed E-state index contributed by atoms with van der Waals surface area (Å²) in [5.41, 5.74) is 2.30. The highest BCUT2D eigenvalue weighted by Gasteiger charge is 2.10. The van der Waals surface area contributed by atoms with Gasteiger partial charge < -0.3 is 19.9 Å². The first kappa shape index (κ1) is 16.6. The number of hydrogen-bond acceptors (Lipinski definition) is 3. The molecule has 0 spiro atoms. The van der Waals surface area contributed by atoms with E-state index in [1.165, 1.54) is 6.92 Å². The molecule has 0 aliphatic carbocycles. The summed E-state index contributed by atoms with van der Waals surface area (Å²) >= 11 is 0. The zero-order valence-corrected chi connectivity index (χ0v) is 14.1. The van der Waals surface area contributed by atoms with E-state index in [1.54, 1.807) is 13.2 Å². The number of carbonyl (C=O) groups is 2. The van der Waals surface area contributed by atoms with Crippen molar-refractivity contribution in [2.75, 3.05) is 17.7 Å². The molecule has 0 bridgehead atoms. The first-order valence-electron chi connectivity index (χ1n) is 7.86. The van der Waals surface area contributed by atoms with Gasteiger partial charge in [-0.25, -0.2) is 0 Å². The average molecular weight is 337 g/mol. The van der Waals surface area contributed by atoms with Gasteiger partial charge in [0.2, 0.25) is 11.8 Å². The van der Waals surface area contributed by atoms with Crippen LogP contribution >= 0.6 is 0 Å². The Bertz CT molecular complexity index is 931. The molecule has 1 heterocycles. The van der Waals surface area contributed by atoms with Gasteiger partial charge in [0, 0.05) is 30.3 Å². The van der Waals surface area contributed by atoms with Crippen molar-refractivity contribution < 1.29 is 14.3 Å². The van der Waals surface area contributed by atoms with Gasteiger partial charge in [0.15, 0.2) is 0 Å². The van der Waals surface area contributed by atoms with E-state index in [-0.39, 0.29) is 18.4 Å². The minimum atomic E-state index is -0.143. The van der Waals surface area contributed by atoms with Crippen molar-refractivity contribution in [3.05, 3.63) is 54.7 Å². The third kappa shape index (κ3) is 3.80. The Hall–Kier alpha value is -3.28. The molecular formula is C19H19N3O3. The highest BCUT2D eigenvalue weighted by atomic mass is 16.5. The zero-order valence-electron chi connectivity index (χ0n) is 14.1. The maximum Gasteiger partial charge on any atom is 0.244 e. The summed E-state index contributed by atoms with van der Waals surface area (Å²) in [4.78, 5) is 23.6. The summed E-state index contributed by atoms with van der Waals surface area (Å²) in [5, 5.41) is 6.55. The fourth-order valence-electron chi connectivity index (χ4n) is 2.72. The van der Waals surface area contributed by atoms with Gasteiger partial charge in [-0.05, 0) is 30.3 Å². The maximum absolute atomic E-state index is 12.3. The molecule has 6 nitrogen and oxygen atoms in total. The molecule has 6 heteroatoms. The van der Waals surface area contributed by atoms with Gasteiger partial charge in [-0.2, -0.15) is 0 Å². The molecule has 0 unspecified atom stereocenters. The molecule has 0 radical (unpaired) electrons. The quantitative estimate of drug-likeness (QED) is 0.751. The monoisotopic (exact) mass is 337 g/mol. The lowest BCUT2D eigenvalue weighted by Crippen LogP contribution is -2.18. The Morgan fingerprint density at radius 2 is 1.88 bits per heavy atom. The van der Waals surface area contributed by atoms with Crippen molar-refractivity contribution in [3.63, 3.8) is 0 Å². The molecule has 1 aromatic heterocycles. The van der Waals surface area contributed by atoms with Crippen LogP contribution in [0, 0.1) is 0 Å². The number of nitrogens with zero attached hydrogens (tertiary/aromatic N) is 1. The molecule has 3 aromatic rings. The van der Waals surface area contributed by atoms with Crippen LogP contribution in [0.5, 0.6) is 5.75 Å². The van der Waals surface area contributed by atoms with E-state index >= 15 is 0 Å². The van der Waals surface area contributed by atoms with E-state index < -0.39 is 0 Å². The summed E-state index contributed by atoms with van der Waals surface area (Å²) in [6.07, 6.45) is 1.83. The molecule has 0 saturated carbocycles. The van der Waals surface area contributed by atoms with Crippen LogP contribution in [0.2, 0.25) is 0 Å². The molecule has 0 fully saturated rings. The van der Waals surface area contributed by atoms with Crippen LogP contribution < -0.4 is 15.4 Å². The van der Waals surface area contributed by atoms with Gasteiger partial charge >= 0.3 is 0 Å². The second kappa shape index (κ2) is 7.09. The van der Waals surface area contributed by atoms with Crippen LogP contribution in [0.25, 0.3) is 10.9 Å². The van der Waals surface area contributed by atoms with Crippen LogP contribution in [-0.4, -0.2) is 23.5 Å². The molecule has 3 rings (SSSR count). The van der Waals surface area contributed by atoms with Crippen molar-refractivity contribution >= 4 is 34.1 Å². The van der Waals surface area contributed by atoms with E-state index in [0.717, 1.165) is 16.6 Å². The lowest BCUT2D eigenvalue weighted by atomic mass is 10.2. The molecule has 128 valence electrons. The molecular weight excluding hydrogens is 318 g/mol. The topological polar surface area (TPSA) is 72.4 Å². The third-order valence-electron chi connectivity index (χ3n) is 3.79. The normalized spacial score (nSPS) is 10.5. The predicted octanol–water partition coefficient (Wildman–Crippen LogP) is 3.25. The standard InChI is InChI=1S/C19H19N3O3/c1-13(23)20-17-7-4-8-18-16(17)9-10-22(18)12-19(24)21-14-5-3-6-15(11-14)25-2/h3-11H,12H2,1-2H3,(H,20,23)(H,21,24). The van der Waals surface area contributed by atoms with E-state index in [9.17, 15) is 9.59 Å². The Morgan fingerprint density at radius 3 is 2.64 bits per heavy atom. The number of aromatic nitrogens is 1. The van der Waals surface area contributed by atoms with Crippen LogP contribution in [0.4, 0.5) is 11.4 Å². The highest BCUT2D eigenvalue weighted by Crippen LogP contribution is 2.24. The molecule has 2 N–H and O–H groups in total. The number of hydrogen-bond donors (Lipinski definition) is 2. The summed E-state index contributed by atoms with van der Waals surface area (Å²) in [5.74, 6) is 0.413. The van der Waals surface area contributed by atoms with Gasteiger partial charge in [-0.1, -0.05) is 12.1 Å². The molecule has 0 aliphatic heterocycles. The van der Waals surface area contributed by atoms with E-state index in [0.29, 0.717) is 11.4 Å². The van der Waals surface area contributed by atoms with E-state index in [4.69, 9.17) is 4.74 Å². The van der Waals surface area contributed by atoms with Gasteiger partial charge in [0.25, 0.3) is 0 Å². The van der Waals surface area contributed by atoms with Crippen LogP contribution in [0.3, 0.4) is 0 Å². The highest BCUT2D eigenvalue weighted by molar-refractivity contribution is 6.01. The zero-order chi connectivity index (χ0) is 17.8. The molecule has 0 saturated heterocycles. The smallest absolute Gasteiger partial charge is 0.244 e. The second-order valence-electron chi connectivity index (χ2n) is 5.64. The number of amides is 2. The molecule has 2 amide bonds. The largest absolute Gasteiger partial charge is 0.497 e. The molecule has 0 atom stereocenters. The number of carbonyl (C=O) groups excluding carboxylic acids is 2. The van der Waals surface area contributed by atoms with Gasteiger partial charge in [0.05, 0.1) is 18.3 Å². The molecule has 0 aliphatic rings. The van der Waals surface area contributed by atoms with E-state index in [2.05, 4.69) is 10.6 Å². The Labute approximate surface area is 145 Å². The Balaban J connectivity index is 1.78. The van der Waals surface area contributed by atoms with Crippen LogP contribution in [-0.2, 0) is 16.1 Å². The number of nitrogens with one attached hydrogen (secondary N) is 2. The second-order valence-corrected chi connectivity index (χ2v) is 5.64. The van der Waals surface area contributed by atoms with Gasteiger partial charge in [-0.15, -0.1) is 0 Å². The van der Waals surface area contributed by atoms with Gasteiger partial charge in [-0.3, -0.25) is 9.59 Å². The molecule has 2 aromatic carbocycles. The molecule has 25 heavy (non-hydrogen) atoms. The van der Waals surface area contributed by atoms with Crippen molar-refractivity contribution in [2.24, 2.45) is 0 Å². The van der Waals surface area contributed by atoms with Crippen molar-refractivity contribution in [1.29, 1.82) is 0 Å². The fraction of sp³-hybridized carbons (Fsp3) is 0.158. The van der Waals surface area contributed by atoms with Crippen LogP contribution in [0.15, 0.2) is 54.7 Å². The number of benzene rings is 2. The third-order valence-corrected chi connectivity index (χ3v) is 3.79. The lowest BCUT2D eigenvalue weighted by molar-refractivity contribution is -0.116. The SMILES string of the molecule is COc1cccc(NC(=O)Cn2ccc3c(NC(C)=O)cccc32)c1. The van der Waals surface area contributed by atoms with Crippen molar-refractivity contribution in [2.45, 2.75) is 13.5 Å². The lowest BCUT2D eigenvalue weighted by Gasteiger charge is -2.09. The van der Waals surface area contributed by atoms with Crippen LogP contribution in [0.1, 0.15) is 6.92 Å². The van der Waals surface area contributed by atoms with E-state index in [1.807, 2.05) is 53.2 Å².